The van der Waals surface area contributed by atoms with Crippen LogP contribution in [0.2, 0.25) is 0 Å². The van der Waals surface area contributed by atoms with Gasteiger partial charge in [0.2, 0.25) is 5.88 Å². The van der Waals surface area contributed by atoms with Crippen molar-refractivity contribution in [2.75, 3.05) is 19.8 Å². The van der Waals surface area contributed by atoms with Crippen LogP contribution in [0.15, 0.2) is 11.0 Å². The van der Waals surface area contributed by atoms with E-state index in [1.54, 1.807) is 10.8 Å². The fourth-order valence-corrected chi connectivity index (χ4v) is 5.59. The molecule has 0 saturated heterocycles. The van der Waals surface area contributed by atoms with Gasteiger partial charge in [0.05, 0.1) is 6.20 Å². The number of aliphatic hydroxyl groups is 1. The zero-order chi connectivity index (χ0) is 26.2. The highest BCUT2D eigenvalue weighted by molar-refractivity contribution is 5.05. The van der Waals surface area contributed by atoms with Crippen LogP contribution in [0.1, 0.15) is 125 Å². The molecular weight excluding hydrogens is 440 g/mol. The van der Waals surface area contributed by atoms with E-state index in [-0.39, 0.29) is 17.0 Å². The minimum absolute atomic E-state index is 0.0756. The number of unbranched alkanes of at least 4 members (excludes halogenated alkanes) is 3. The molecule has 0 radical (unpaired) electrons. The predicted octanol–water partition coefficient (Wildman–Crippen LogP) is 6.90. The molecule has 0 atom stereocenters. The van der Waals surface area contributed by atoms with Gasteiger partial charge in [-0.1, -0.05) is 72.6 Å². The Bertz CT molecular complexity index is 717. The molecule has 0 aliphatic carbocycles. The minimum Gasteiger partial charge on any atom is -0.493 e. The van der Waals surface area contributed by atoms with Gasteiger partial charge in [-0.3, -0.25) is 9.13 Å². The molecule has 1 aromatic rings. The normalized spacial score (nSPS) is 12.5. The summed E-state index contributed by atoms with van der Waals surface area (Å²) in [4.78, 5) is 12.4. The van der Waals surface area contributed by atoms with Gasteiger partial charge < -0.3 is 14.9 Å². The molecular formula is C29H56N2O4. The Morgan fingerprint density at radius 3 is 1.69 bits per heavy atom. The van der Waals surface area contributed by atoms with Crippen LogP contribution in [0.5, 0.6) is 5.88 Å². The molecule has 0 aliphatic heterocycles. The Kier molecular flexibility index (Phi) is 15.6. The molecule has 0 spiro atoms. The summed E-state index contributed by atoms with van der Waals surface area (Å²) in [6.45, 7) is 14.2. The van der Waals surface area contributed by atoms with E-state index in [4.69, 9.17) is 9.84 Å². The maximum atomic E-state index is 12.4. The quantitative estimate of drug-likeness (QED) is 0.171. The Labute approximate surface area is 215 Å². The van der Waals surface area contributed by atoms with E-state index in [9.17, 15) is 9.90 Å². The molecule has 1 aromatic heterocycles. The van der Waals surface area contributed by atoms with Crippen LogP contribution in [0.4, 0.5) is 0 Å². The first kappa shape index (κ1) is 31.8. The van der Waals surface area contributed by atoms with Crippen molar-refractivity contribution in [1.82, 2.24) is 9.13 Å². The standard InChI is InChI=1S/C29H56N2O4/c1-6-28(7-2,17-11-14-22-32)18-12-15-23-35-24-16-13-19-29(8-3,9-4)20-21-31-26(33)25-30(10-5)27(31)34/h25,32-33H,6-24H2,1-5H3. The van der Waals surface area contributed by atoms with Crippen LogP contribution < -0.4 is 5.69 Å². The topological polar surface area (TPSA) is 76.6 Å². The fraction of sp³-hybridized carbons (Fsp3) is 0.897. The summed E-state index contributed by atoms with van der Waals surface area (Å²) >= 11 is 0. The second-order valence-corrected chi connectivity index (χ2v) is 10.6. The summed E-state index contributed by atoms with van der Waals surface area (Å²) in [6.07, 6.45) is 17.3. The largest absolute Gasteiger partial charge is 0.493 e. The van der Waals surface area contributed by atoms with Gasteiger partial charge in [-0.15, -0.1) is 0 Å². The fourth-order valence-electron chi connectivity index (χ4n) is 5.59. The molecule has 0 bridgehead atoms. The van der Waals surface area contributed by atoms with E-state index in [1.807, 2.05) is 6.92 Å². The maximum absolute atomic E-state index is 12.4. The first-order chi connectivity index (χ1) is 16.9. The molecule has 0 aliphatic rings. The second-order valence-electron chi connectivity index (χ2n) is 10.6. The molecule has 1 heterocycles. The highest BCUT2D eigenvalue weighted by Crippen LogP contribution is 2.38. The van der Waals surface area contributed by atoms with Crippen LogP contribution in [0.25, 0.3) is 0 Å². The van der Waals surface area contributed by atoms with Crippen molar-refractivity contribution in [3.63, 3.8) is 0 Å². The number of hydrogen-bond acceptors (Lipinski definition) is 4. The van der Waals surface area contributed by atoms with Gasteiger partial charge in [-0.05, 0) is 62.7 Å². The van der Waals surface area contributed by atoms with Crippen LogP contribution in [0.3, 0.4) is 0 Å². The third-order valence-corrected chi connectivity index (χ3v) is 8.84. The van der Waals surface area contributed by atoms with Gasteiger partial charge >= 0.3 is 5.69 Å². The smallest absolute Gasteiger partial charge is 0.331 e. The number of hydrogen-bond donors (Lipinski definition) is 2. The summed E-state index contributed by atoms with van der Waals surface area (Å²) in [7, 11) is 0. The van der Waals surface area contributed by atoms with Crippen LogP contribution in [-0.4, -0.2) is 39.2 Å². The van der Waals surface area contributed by atoms with E-state index in [0.717, 1.165) is 71.0 Å². The molecule has 6 nitrogen and oxygen atoms in total. The Morgan fingerprint density at radius 1 is 0.771 bits per heavy atom. The van der Waals surface area contributed by atoms with E-state index < -0.39 is 0 Å². The number of rotatable bonds is 22. The zero-order valence-corrected chi connectivity index (χ0v) is 23.6. The summed E-state index contributed by atoms with van der Waals surface area (Å²) in [6, 6.07) is 0. The lowest BCUT2D eigenvalue weighted by molar-refractivity contribution is 0.113. The molecule has 2 N–H and O–H groups in total. The van der Waals surface area contributed by atoms with Crippen molar-refractivity contribution in [3.8, 4) is 5.88 Å². The van der Waals surface area contributed by atoms with Crippen LogP contribution >= 0.6 is 0 Å². The molecule has 206 valence electrons. The van der Waals surface area contributed by atoms with Gasteiger partial charge in [0.15, 0.2) is 0 Å². The van der Waals surface area contributed by atoms with Gasteiger partial charge in [0, 0.05) is 32.9 Å². The SMILES string of the molecule is CCn1cc(O)n(CCC(CC)(CC)CCCCOCCCCC(CC)(CC)CCCCO)c1=O. The molecule has 0 amide bonds. The van der Waals surface area contributed by atoms with E-state index in [2.05, 4.69) is 27.7 Å². The number of imidazole rings is 1. The third-order valence-electron chi connectivity index (χ3n) is 8.84. The monoisotopic (exact) mass is 496 g/mol. The highest BCUT2D eigenvalue weighted by atomic mass is 16.5. The number of aliphatic hydroxyl groups excluding tert-OH is 1. The Hall–Kier alpha value is -1.27. The Balaban J connectivity index is 2.31. The average molecular weight is 497 g/mol. The zero-order valence-electron chi connectivity index (χ0n) is 23.6. The van der Waals surface area contributed by atoms with Gasteiger partial charge in [-0.25, -0.2) is 4.79 Å². The Morgan fingerprint density at radius 2 is 1.26 bits per heavy atom. The van der Waals surface area contributed by atoms with Gasteiger partial charge in [0.25, 0.3) is 0 Å². The van der Waals surface area contributed by atoms with E-state index in [0.29, 0.717) is 25.1 Å². The van der Waals surface area contributed by atoms with Crippen molar-refractivity contribution < 1.29 is 14.9 Å². The number of ether oxygens (including phenoxy) is 1. The first-order valence-electron chi connectivity index (χ1n) is 14.5. The molecule has 0 aromatic carbocycles. The van der Waals surface area contributed by atoms with Crippen LogP contribution in [-0.2, 0) is 17.8 Å². The average Bonchev–Trinajstić information content (AvgIpc) is 3.16. The molecule has 35 heavy (non-hydrogen) atoms. The predicted molar refractivity (Wildman–Crippen MR) is 146 cm³/mol. The molecule has 1 rings (SSSR count). The van der Waals surface area contributed by atoms with E-state index in [1.165, 1.54) is 36.7 Å². The number of aromatic nitrogens is 2. The molecule has 0 fully saturated rings. The highest BCUT2D eigenvalue weighted by Gasteiger charge is 2.27. The van der Waals surface area contributed by atoms with Gasteiger partial charge in [0.1, 0.15) is 0 Å². The lowest BCUT2D eigenvalue weighted by Gasteiger charge is -2.32. The lowest BCUT2D eigenvalue weighted by Crippen LogP contribution is -2.27. The summed E-state index contributed by atoms with van der Waals surface area (Å²) in [5.74, 6) is 0.0756. The number of aromatic hydroxyl groups is 1. The summed E-state index contributed by atoms with van der Waals surface area (Å²) in [5, 5.41) is 19.2. The van der Waals surface area contributed by atoms with Gasteiger partial charge in [-0.2, -0.15) is 0 Å². The lowest BCUT2D eigenvalue weighted by atomic mass is 9.74. The summed E-state index contributed by atoms with van der Waals surface area (Å²) < 4.78 is 9.04. The number of aryl methyl sites for hydroxylation is 1. The minimum atomic E-state index is -0.111. The third kappa shape index (κ3) is 10.3. The maximum Gasteiger partial charge on any atom is 0.331 e. The molecule has 0 unspecified atom stereocenters. The second kappa shape index (κ2) is 17.2. The first-order valence-corrected chi connectivity index (χ1v) is 14.5. The van der Waals surface area contributed by atoms with Crippen molar-refractivity contribution in [3.05, 3.63) is 16.7 Å². The van der Waals surface area contributed by atoms with E-state index >= 15 is 0 Å². The van der Waals surface area contributed by atoms with Crippen molar-refractivity contribution in [1.29, 1.82) is 0 Å². The molecule has 0 saturated carbocycles. The van der Waals surface area contributed by atoms with Crippen molar-refractivity contribution in [2.45, 2.75) is 138 Å². The molecule has 6 heteroatoms. The van der Waals surface area contributed by atoms with Crippen molar-refractivity contribution in [2.24, 2.45) is 10.8 Å². The van der Waals surface area contributed by atoms with Crippen LogP contribution in [0, 0.1) is 10.8 Å². The van der Waals surface area contributed by atoms with Crippen molar-refractivity contribution >= 4 is 0 Å². The summed E-state index contributed by atoms with van der Waals surface area (Å²) in [5.41, 5.74) is 0.541. The number of nitrogens with zero attached hydrogens (tertiary/aromatic N) is 2.